The van der Waals surface area contributed by atoms with E-state index < -0.39 is 15.7 Å². The first-order valence-electron chi connectivity index (χ1n) is 7.84. The first-order chi connectivity index (χ1) is 10.8. The highest BCUT2D eigenvalue weighted by molar-refractivity contribution is 7.89. The molecule has 0 bridgehead atoms. The molecule has 5 nitrogen and oxygen atoms in total. The quantitative estimate of drug-likeness (QED) is 0.920. The van der Waals surface area contributed by atoms with Gasteiger partial charge in [0.1, 0.15) is 5.82 Å². The van der Waals surface area contributed by atoms with Crippen LogP contribution in [0.2, 0.25) is 0 Å². The Morgan fingerprint density at radius 1 is 1.30 bits per heavy atom. The first-order valence-corrected chi connectivity index (χ1v) is 9.90. The van der Waals surface area contributed by atoms with E-state index in [0.717, 1.165) is 25.4 Å². The second kappa shape index (κ2) is 6.11. The lowest BCUT2D eigenvalue weighted by Gasteiger charge is -2.19. The van der Waals surface area contributed by atoms with Crippen molar-refractivity contribution in [3.05, 3.63) is 29.6 Å². The Hall–Kier alpha value is -1.63. The topological polar surface area (TPSA) is 66.5 Å². The van der Waals surface area contributed by atoms with Crippen LogP contribution in [0.15, 0.2) is 18.2 Å². The summed E-state index contributed by atoms with van der Waals surface area (Å²) in [5.41, 5.74) is 0.638. The molecule has 1 heterocycles. The van der Waals surface area contributed by atoms with Gasteiger partial charge in [-0.15, -0.1) is 0 Å². The molecule has 0 spiro atoms. The maximum Gasteiger partial charge on any atom is 0.321 e. The summed E-state index contributed by atoms with van der Waals surface area (Å²) in [6, 6.07) is 3.57. The summed E-state index contributed by atoms with van der Waals surface area (Å²) in [6.45, 7) is 1.50. The van der Waals surface area contributed by atoms with Gasteiger partial charge < -0.3 is 10.2 Å². The highest BCUT2D eigenvalue weighted by Crippen LogP contribution is 2.37. The lowest BCUT2D eigenvalue weighted by molar-refractivity contribution is 0.219. The average molecular weight is 340 g/mol. The molecule has 2 atom stereocenters. The van der Waals surface area contributed by atoms with Crippen LogP contribution in [0.25, 0.3) is 0 Å². The zero-order valence-corrected chi connectivity index (χ0v) is 13.9. The number of benzene rings is 1. The molecule has 1 N–H and O–H groups in total. The molecule has 0 aromatic heterocycles. The molecule has 1 aromatic carbocycles. The third-order valence-corrected chi connectivity index (χ3v) is 5.58. The third kappa shape index (κ3) is 3.83. The second-order valence-corrected chi connectivity index (χ2v) is 8.80. The van der Waals surface area contributed by atoms with Gasteiger partial charge in [-0.05, 0) is 48.4 Å². The number of hydrogen-bond donors (Lipinski definition) is 1. The Morgan fingerprint density at radius 3 is 2.57 bits per heavy atom. The molecule has 1 aliphatic heterocycles. The number of fused-ring (bicyclic) bond motifs is 1. The Bertz CT molecular complexity index is 708. The zero-order chi connectivity index (χ0) is 16.6. The van der Waals surface area contributed by atoms with E-state index in [4.69, 9.17) is 0 Å². The van der Waals surface area contributed by atoms with E-state index in [-0.39, 0.29) is 17.3 Å². The fraction of sp³-hybridized carbons (Fsp3) is 0.562. The largest absolute Gasteiger partial charge is 0.324 e. The molecular weight excluding hydrogens is 319 g/mol. The van der Waals surface area contributed by atoms with Crippen LogP contribution in [0, 0.1) is 17.7 Å². The van der Waals surface area contributed by atoms with Gasteiger partial charge in [-0.2, -0.15) is 0 Å². The van der Waals surface area contributed by atoms with Crippen molar-refractivity contribution in [2.75, 3.05) is 24.7 Å². The molecule has 2 aliphatic rings. The van der Waals surface area contributed by atoms with E-state index in [1.54, 1.807) is 4.90 Å². The number of rotatable bonds is 3. The van der Waals surface area contributed by atoms with E-state index in [9.17, 15) is 17.6 Å². The fourth-order valence-electron chi connectivity index (χ4n) is 3.68. The number of carbonyl (C=O) groups is 1. The number of nitrogens with zero attached hydrogens (tertiary/aromatic N) is 1. The van der Waals surface area contributed by atoms with Gasteiger partial charge in [-0.25, -0.2) is 17.6 Å². The van der Waals surface area contributed by atoms with Gasteiger partial charge in [-0.3, -0.25) is 0 Å². The van der Waals surface area contributed by atoms with Gasteiger partial charge in [0.2, 0.25) is 0 Å². The number of nitrogens with one attached hydrogen (secondary N) is 1. The van der Waals surface area contributed by atoms with Crippen molar-refractivity contribution < 1.29 is 17.6 Å². The normalized spacial score (nSPS) is 23.8. The van der Waals surface area contributed by atoms with Crippen molar-refractivity contribution in [3.63, 3.8) is 0 Å². The van der Waals surface area contributed by atoms with Crippen LogP contribution in [0.5, 0.6) is 0 Å². The van der Waals surface area contributed by atoms with Crippen LogP contribution in [0.1, 0.15) is 24.8 Å². The van der Waals surface area contributed by atoms with Crippen molar-refractivity contribution in [2.24, 2.45) is 11.8 Å². The number of carbonyl (C=O) groups excluding carboxylic acids is 1. The SMILES string of the molecule is CS(=O)(=O)Cc1cc(F)ccc1NC(=O)N1C[C@H]2CCC[C@H]2C1. The lowest BCUT2D eigenvalue weighted by Crippen LogP contribution is -2.34. The summed E-state index contributed by atoms with van der Waals surface area (Å²) in [5, 5.41) is 2.75. The minimum absolute atomic E-state index is 0.235. The smallest absolute Gasteiger partial charge is 0.321 e. The fourth-order valence-corrected chi connectivity index (χ4v) is 4.49. The van der Waals surface area contributed by atoms with E-state index in [2.05, 4.69) is 5.32 Å². The lowest BCUT2D eigenvalue weighted by atomic mass is 10.0. The van der Waals surface area contributed by atoms with E-state index in [0.29, 0.717) is 17.5 Å². The van der Waals surface area contributed by atoms with Crippen molar-refractivity contribution in [1.82, 2.24) is 4.90 Å². The molecular formula is C16H21FN2O3S. The maximum atomic E-state index is 13.4. The van der Waals surface area contributed by atoms with Crippen LogP contribution in [0.3, 0.4) is 0 Å². The number of urea groups is 1. The van der Waals surface area contributed by atoms with Crippen molar-refractivity contribution in [2.45, 2.75) is 25.0 Å². The zero-order valence-electron chi connectivity index (χ0n) is 13.1. The molecule has 0 unspecified atom stereocenters. The molecule has 1 saturated carbocycles. The molecule has 7 heteroatoms. The number of halogens is 1. The Morgan fingerprint density at radius 2 is 1.96 bits per heavy atom. The summed E-state index contributed by atoms with van der Waals surface area (Å²) >= 11 is 0. The summed E-state index contributed by atoms with van der Waals surface area (Å²) in [7, 11) is -3.32. The van der Waals surface area contributed by atoms with Gasteiger partial charge in [0.25, 0.3) is 0 Å². The number of sulfone groups is 1. The van der Waals surface area contributed by atoms with Crippen LogP contribution < -0.4 is 5.32 Å². The first kappa shape index (κ1) is 16.2. The van der Waals surface area contributed by atoms with Gasteiger partial charge in [0.15, 0.2) is 9.84 Å². The van der Waals surface area contributed by atoms with Crippen LogP contribution in [-0.4, -0.2) is 38.7 Å². The monoisotopic (exact) mass is 340 g/mol. The maximum absolute atomic E-state index is 13.4. The Kier molecular flexibility index (Phi) is 4.31. The molecule has 3 rings (SSSR count). The highest BCUT2D eigenvalue weighted by atomic mass is 32.2. The minimum atomic E-state index is -3.32. The van der Waals surface area contributed by atoms with Crippen LogP contribution >= 0.6 is 0 Å². The number of amides is 2. The summed E-state index contributed by atoms with van der Waals surface area (Å²) in [6.07, 6.45) is 4.67. The summed E-state index contributed by atoms with van der Waals surface area (Å²) in [4.78, 5) is 14.2. The molecule has 1 saturated heterocycles. The second-order valence-electron chi connectivity index (χ2n) is 6.66. The summed E-state index contributed by atoms with van der Waals surface area (Å²) < 4.78 is 36.4. The van der Waals surface area contributed by atoms with E-state index in [1.807, 2.05) is 0 Å². The van der Waals surface area contributed by atoms with E-state index >= 15 is 0 Å². The standard InChI is InChI=1S/C16H21FN2O3S/c1-23(21,22)10-13-7-14(17)5-6-15(13)18-16(20)19-8-11-3-2-4-12(11)9-19/h5-7,11-12H,2-4,8-10H2,1H3,(H,18,20)/t11-,12+. The molecule has 2 amide bonds. The number of anilines is 1. The van der Waals surface area contributed by atoms with Crippen LogP contribution in [0.4, 0.5) is 14.9 Å². The molecule has 1 aliphatic carbocycles. The summed E-state index contributed by atoms with van der Waals surface area (Å²) in [5.74, 6) is 0.359. The highest BCUT2D eigenvalue weighted by Gasteiger charge is 2.38. The predicted molar refractivity (Wildman–Crippen MR) is 86.4 cm³/mol. The Labute approximate surface area is 135 Å². The third-order valence-electron chi connectivity index (χ3n) is 4.74. The van der Waals surface area contributed by atoms with Gasteiger partial charge in [0, 0.05) is 25.0 Å². The molecule has 23 heavy (non-hydrogen) atoms. The molecule has 1 aromatic rings. The predicted octanol–water partition coefficient (Wildman–Crippen LogP) is 2.63. The van der Waals surface area contributed by atoms with Gasteiger partial charge in [0.05, 0.1) is 5.75 Å². The minimum Gasteiger partial charge on any atom is -0.324 e. The van der Waals surface area contributed by atoms with Crippen molar-refractivity contribution in [3.8, 4) is 0 Å². The van der Waals surface area contributed by atoms with Gasteiger partial charge >= 0.3 is 6.03 Å². The van der Waals surface area contributed by atoms with Gasteiger partial charge in [-0.1, -0.05) is 6.42 Å². The van der Waals surface area contributed by atoms with E-state index in [1.165, 1.54) is 31.4 Å². The average Bonchev–Trinajstić information content (AvgIpc) is 3.00. The Balaban J connectivity index is 1.73. The number of likely N-dealkylation sites (tertiary alicyclic amines) is 1. The van der Waals surface area contributed by atoms with Crippen molar-refractivity contribution in [1.29, 1.82) is 0 Å². The molecule has 126 valence electrons. The molecule has 2 fully saturated rings. The van der Waals surface area contributed by atoms with Crippen molar-refractivity contribution >= 4 is 21.6 Å². The number of hydrogen-bond acceptors (Lipinski definition) is 3. The van der Waals surface area contributed by atoms with Crippen LogP contribution in [-0.2, 0) is 15.6 Å². The molecule has 0 radical (unpaired) electrons.